The molecule has 0 aliphatic heterocycles. The maximum atomic E-state index is 2.39. The van der Waals surface area contributed by atoms with E-state index in [-0.39, 0.29) is 0 Å². The third-order valence-electron chi connectivity index (χ3n) is 5.67. The molecule has 3 aromatic carbocycles. The number of fused-ring (bicyclic) bond motifs is 5. The minimum absolute atomic E-state index is 1.15. The molecule has 2 nitrogen and oxygen atoms in total. The summed E-state index contributed by atoms with van der Waals surface area (Å²) in [4.78, 5) is 0. The van der Waals surface area contributed by atoms with Gasteiger partial charge in [-0.15, -0.1) is 0 Å². The van der Waals surface area contributed by atoms with Gasteiger partial charge in [-0.05, 0) is 58.5 Å². The number of aromatic nitrogens is 2. The largest absolute Gasteiger partial charge is 0.292 e. The molecule has 0 saturated heterocycles. The van der Waals surface area contributed by atoms with E-state index in [1.807, 2.05) is 0 Å². The summed E-state index contributed by atoms with van der Waals surface area (Å²) in [6.45, 7) is 0. The lowest BCUT2D eigenvalue weighted by molar-refractivity contribution is -0.501. The summed E-state index contributed by atoms with van der Waals surface area (Å²) >= 11 is 2.39. The van der Waals surface area contributed by atoms with Gasteiger partial charge < -0.3 is 0 Å². The summed E-state index contributed by atoms with van der Waals surface area (Å²) in [6.07, 6.45) is 2.17. The summed E-state index contributed by atoms with van der Waals surface area (Å²) in [6, 6.07) is 36.8. The van der Waals surface area contributed by atoms with Crippen molar-refractivity contribution >= 4 is 44.7 Å². The van der Waals surface area contributed by atoms with E-state index in [2.05, 4.69) is 141 Å². The summed E-state index contributed by atoms with van der Waals surface area (Å²) < 4.78 is 5.96. The quantitative estimate of drug-likeness (QED) is 0.184. The Labute approximate surface area is 188 Å². The van der Waals surface area contributed by atoms with Gasteiger partial charge in [-0.1, -0.05) is 66.7 Å². The van der Waals surface area contributed by atoms with E-state index in [0.717, 1.165) is 5.65 Å². The van der Waals surface area contributed by atoms with Crippen LogP contribution in [0.4, 0.5) is 0 Å². The van der Waals surface area contributed by atoms with Crippen LogP contribution in [0.1, 0.15) is 0 Å². The maximum Gasteiger partial charge on any atom is 0.292 e. The average molecular weight is 497 g/mol. The molecule has 0 N–H and O–H groups in total. The van der Waals surface area contributed by atoms with Crippen LogP contribution >= 0.6 is 22.6 Å². The van der Waals surface area contributed by atoms with Crippen molar-refractivity contribution in [2.24, 2.45) is 0 Å². The fraction of sp³-hybridized carbons (Fsp3) is 0. The molecule has 3 heterocycles. The molecule has 6 rings (SSSR count). The lowest BCUT2D eigenvalue weighted by Gasteiger charge is -2.12. The zero-order valence-electron chi connectivity index (χ0n) is 16.2. The third-order valence-corrected chi connectivity index (χ3v) is 6.35. The first-order chi connectivity index (χ1) is 14.8. The first-order valence-corrected chi connectivity index (χ1v) is 11.1. The Balaban J connectivity index is 1.92. The highest BCUT2D eigenvalue weighted by Gasteiger charge is 2.25. The molecule has 0 amide bonds. The highest BCUT2D eigenvalue weighted by Crippen LogP contribution is 2.37. The molecule has 0 fully saturated rings. The minimum atomic E-state index is 1.15. The van der Waals surface area contributed by atoms with Crippen molar-refractivity contribution in [2.45, 2.75) is 0 Å². The third kappa shape index (κ3) is 2.66. The van der Waals surface area contributed by atoms with E-state index >= 15 is 0 Å². The molecule has 0 bridgehead atoms. The molecule has 0 aliphatic rings. The van der Waals surface area contributed by atoms with Crippen molar-refractivity contribution in [3.05, 3.63) is 113 Å². The first-order valence-electron chi connectivity index (χ1n) is 9.99. The van der Waals surface area contributed by atoms with Crippen LogP contribution in [-0.2, 0) is 0 Å². The number of hydrogen-bond acceptors (Lipinski definition) is 0. The van der Waals surface area contributed by atoms with Crippen molar-refractivity contribution < 1.29 is 4.40 Å². The Morgan fingerprint density at radius 1 is 0.633 bits per heavy atom. The number of halogens is 1. The SMILES string of the molecule is Ic1ccc2c(c1)cc1c(-c3ccccc3)c(-c3ccccc3)[n+]3ccccc3n12. The number of nitrogens with zero attached hydrogens (tertiary/aromatic N) is 2. The molecule has 3 aromatic heterocycles. The second-order valence-electron chi connectivity index (χ2n) is 7.45. The molecule has 30 heavy (non-hydrogen) atoms. The van der Waals surface area contributed by atoms with Crippen LogP contribution in [0.15, 0.2) is 109 Å². The fourth-order valence-electron chi connectivity index (χ4n) is 4.43. The predicted molar refractivity (Wildman–Crippen MR) is 132 cm³/mol. The molecular formula is C27H18IN2+. The van der Waals surface area contributed by atoms with Gasteiger partial charge in [0.15, 0.2) is 5.69 Å². The van der Waals surface area contributed by atoms with E-state index in [1.165, 1.54) is 42.4 Å². The molecule has 0 radical (unpaired) electrons. The summed E-state index contributed by atoms with van der Waals surface area (Å²) in [5.74, 6) is 0. The van der Waals surface area contributed by atoms with Gasteiger partial charge in [0, 0.05) is 20.6 Å². The van der Waals surface area contributed by atoms with Gasteiger partial charge >= 0.3 is 0 Å². The van der Waals surface area contributed by atoms with Crippen molar-refractivity contribution in [1.29, 1.82) is 0 Å². The second kappa shape index (κ2) is 6.96. The summed E-state index contributed by atoms with van der Waals surface area (Å²) in [5, 5.41) is 1.26. The van der Waals surface area contributed by atoms with Gasteiger partial charge in [0.1, 0.15) is 11.0 Å². The molecular weight excluding hydrogens is 479 g/mol. The highest BCUT2D eigenvalue weighted by atomic mass is 127. The Bertz CT molecular complexity index is 1530. The van der Waals surface area contributed by atoms with Crippen LogP contribution in [0.5, 0.6) is 0 Å². The highest BCUT2D eigenvalue weighted by molar-refractivity contribution is 14.1. The number of pyridine rings is 1. The van der Waals surface area contributed by atoms with Gasteiger partial charge in [0.05, 0.1) is 11.8 Å². The van der Waals surface area contributed by atoms with Crippen LogP contribution in [0.25, 0.3) is 44.5 Å². The second-order valence-corrected chi connectivity index (χ2v) is 8.70. The standard InChI is InChI=1S/C27H18IN2/c28-22-14-15-23-21(17-22)18-24-26(19-9-3-1-4-10-19)27(20-11-5-2-6-12-20)29-16-8-7-13-25(29)30(23)24/h1-18H/q+1. The lowest BCUT2D eigenvalue weighted by Crippen LogP contribution is -2.28. The van der Waals surface area contributed by atoms with E-state index in [0.29, 0.717) is 0 Å². The van der Waals surface area contributed by atoms with Crippen molar-refractivity contribution in [2.75, 3.05) is 0 Å². The molecule has 3 heteroatoms. The lowest BCUT2D eigenvalue weighted by atomic mass is 9.98. The first kappa shape index (κ1) is 17.7. The Morgan fingerprint density at radius 3 is 2.10 bits per heavy atom. The fourth-order valence-corrected chi connectivity index (χ4v) is 4.95. The summed E-state index contributed by atoms with van der Waals surface area (Å²) in [5.41, 5.74) is 8.49. The normalized spacial score (nSPS) is 11.5. The number of hydrogen-bond donors (Lipinski definition) is 0. The Hall–Kier alpha value is -3.18. The van der Waals surface area contributed by atoms with E-state index < -0.39 is 0 Å². The molecule has 0 unspecified atom stereocenters. The minimum Gasteiger partial charge on any atom is -0.198 e. The Kier molecular flexibility index (Phi) is 4.09. The molecule has 0 aliphatic carbocycles. The van der Waals surface area contributed by atoms with Crippen LogP contribution in [0.3, 0.4) is 0 Å². The van der Waals surface area contributed by atoms with Crippen LogP contribution < -0.4 is 4.40 Å². The maximum absolute atomic E-state index is 2.39. The van der Waals surface area contributed by atoms with Crippen molar-refractivity contribution in [1.82, 2.24) is 4.40 Å². The van der Waals surface area contributed by atoms with Gasteiger partial charge in [-0.2, -0.15) is 8.80 Å². The van der Waals surface area contributed by atoms with Crippen LogP contribution in [0, 0.1) is 3.57 Å². The molecule has 0 spiro atoms. The van der Waals surface area contributed by atoms with Gasteiger partial charge in [-0.25, -0.2) is 0 Å². The van der Waals surface area contributed by atoms with E-state index in [1.54, 1.807) is 0 Å². The number of benzene rings is 3. The summed E-state index contributed by atoms with van der Waals surface area (Å²) in [7, 11) is 0. The smallest absolute Gasteiger partial charge is 0.198 e. The van der Waals surface area contributed by atoms with E-state index in [9.17, 15) is 0 Å². The number of rotatable bonds is 2. The van der Waals surface area contributed by atoms with Gasteiger partial charge in [0.25, 0.3) is 5.65 Å². The zero-order valence-corrected chi connectivity index (χ0v) is 18.3. The monoisotopic (exact) mass is 497 g/mol. The molecule has 142 valence electrons. The van der Waals surface area contributed by atoms with Gasteiger partial charge in [0.2, 0.25) is 0 Å². The molecule has 0 atom stereocenters. The molecule has 6 aromatic rings. The Morgan fingerprint density at radius 2 is 1.33 bits per heavy atom. The van der Waals surface area contributed by atoms with E-state index in [4.69, 9.17) is 0 Å². The van der Waals surface area contributed by atoms with Gasteiger partial charge in [-0.3, -0.25) is 0 Å². The topological polar surface area (TPSA) is 8.51 Å². The van der Waals surface area contributed by atoms with Crippen molar-refractivity contribution in [3.63, 3.8) is 0 Å². The predicted octanol–water partition coefficient (Wildman–Crippen LogP) is 6.77. The van der Waals surface area contributed by atoms with Crippen LogP contribution in [0.2, 0.25) is 0 Å². The van der Waals surface area contributed by atoms with Crippen LogP contribution in [-0.4, -0.2) is 4.40 Å². The van der Waals surface area contributed by atoms with Crippen molar-refractivity contribution in [3.8, 4) is 22.4 Å². The zero-order chi connectivity index (χ0) is 20.1. The average Bonchev–Trinajstić information content (AvgIpc) is 3.17. The molecule has 0 saturated carbocycles.